The molecule has 1 unspecified atom stereocenters. The molecule has 0 radical (unpaired) electrons. The molecular formula is C32H34N2. The molecule has 0 saturated carbocycles. The first-order valence-corrected chi connectivity index (χ1v) is 11.7. The number of hydrogen-bond donors (Lipinski definition) is 2. The monoisotopic (exact) mass is 446 g/mol. The van der Waals surface area contributed by atoms with E-state index in [2.05, 4.69) is 79.4 Å². The third-order valence-electron chi connectivity index (χ3n) is 5.76. The van der Waals surface area contributed by atoms with E-state index in [1.165, 1.54) is 11.1 Å². The van der Waals surface area contributed by atoms with Gasteiger partial charge >= 0.3 is 0 Å². The van der Waals surface area contributed by atoms with E-state index in [4.69, 9.17) is 5.73 Å². The summed E-state index contributed by atoms with van der Waals surface area (Å²) in [6, 6.07) is 6.38. The number of allylic oxidation sites excluding steroid dienone is 13. The van der Waals surface area contributed by atoms with Crippen molar-refractivity contribution in [1.82, 2.24) is 5.32 Å². The Bertz CT molecular complexity index is 1200. The lowest BCUT2D eigenvalue weighted by Gasteiger charge is -2.14. The molecule has 1 aromatic rings. The van der Waals surface area contributed by atoms with Gasteiger partial charge in [0.15, 0.2) is 0 Å². The molecule has 0 fully saturated rings. The number of nitrogens with one attached hydrogen (secondary N) is 1. The van der Waals surface area contributed by atoms with Gasteiger partial charge in [0.2, 0.25) is 0 Å². The number of hydrogen-bond acceptors (Lipinski definition) is 2. The van der Waals surface area contributed by atoms with Gasteiger partial charge in [0.1, 0.15) is 0 Å². The number of nitrogens with two attached hydrogens (primary N) is 1. The van der Waals surface area contributed by atoms with Gasteiger partial charge in [0, 0.05) is 35.0 Å². The number of benzene rings is 1. The predicted octanol–water partition coefficient (Wildman–Crippen LogP) is 6.69. The molecule has 1 aromatic carbocycles. The standard InChI is InChI=1S/C32H34N2/c1-5-7-8-12-28-17-18-30(25(4)34-19-9-11-27-21-32(33)22-27)23-31(28)16-15-26-14-13-24(3)29(20-26)10-6-2/h5-8,10,13-14,17-18,20-23,29,34H,1,3-4,9,11-12,19,33H2,2H3/b8-7-,10-6-. The Kier molecular flexibility index (Phi) is 8.95. The van der Waals surface area contributed by atoms with E-state index >= 15 is 0 Å². The van der Waals surface area contributed by atoms with Gasteiger partial charge in [-0.05, 0) is 72.8 Å². The van der Waals surface area contributed by atoms with E-state index in [0.717, 1.165) is 59.5 Å². The van der Waals surface area contributed by atoms with Gasteiger partial charge in [-0.15, -0.1) is 0 Å². The summed E-state index contributed by atoms with van der Waals surface area (Å²) in [5.74, 6) is 6.97. The molecule has 0 aliphatic heterocycles. The smallest absolute Gasteiger partial charge is 0.0341 e. The number of rotatable bonds is 10. The van der Waals surface area contributed by atoms with E-state index in [-0.39, 0.29) is 5.92 Å². The molecular weight excluding hydrogens is 412 g/mol. The van der Waals surface area contributed by atoms with E-state index in [1.807, 2.05) is 37.3 Å². The average molecular weight is 447 g/mol. The van der Waals surface area contributed by atoms with Crippen LogP contribution in [0.25, 0.3) is 5.70 Å². The third kappa shape index (κ3) is 7.02. The molecule has 0 aromatic heterocycles. The van der Waals surface area contributed by atoms with E-state index in [0.29, 0.717) is 0 Å². The van der Waals surface area contributed by atoms with Crippen LogP contribution in [0.4, 0.5) is 0 Å². The van der Waals surface area contributed by atoms with E-state index in [9.17, 15) is 0 Å². The van der Waals surface area contributed by atoms with Crippen LogP contribution in [0.3, 0.4) is 0 Å². The maximum Gasteiger partial charge on any atom is 0.0341 e. The molecule has 0 amide bonds. The zero-order valence-corrected chi connectivity index (χ0v) is 20.1. The van der Waals surface area contributed by atoms with Crippen molar-refractivity contribution in [1.29, 1.82) is 0 Å². The normalized spacial score (nSPS) is 16.9. The Hall–Kier alpha value is -3.96. The second-order valence-electron chi connectivity index (χ2n) is 8.44. The van der Waals surface area contributed by atoms with Crippen LogP contribution in [0.1, 0.15) is 36.5 Å². The molecule has 3 rings (SSSR count). The summed E-state index contributed by atoms with van der Waals surface area (Å²) in [6.45, 7) is 15.0. The molecule has 2 heteroatoms. The van der Waals surface area contributed by atoms with Gasteiger partial charge < -0.3 is 11.1 Å². The van der Waals surface area contributed by atoms with Crippen molar-refractivity contribution in [2.45, 2.75) is 26.2 Å². The fourth-order valence-electron chi connectivity index (χ4n) is 3.82. The van der Waals surface area contributed by atoms with Crippen LogP contribution < -0.4 is 11.1 Å². The van der Waals surface area contributed by atoms with Gasteiger partial charge in [0.05, 0.1) is 0 Å². The molecule has 1 atom stereocenters. The van der Waals surface area contributed by atoms with Gasteiger partial charge in [0.25, 0.3) is 0 Å². The van der Waals surface area contributed by atoms with Crippen LogP contribution in [0.2, 0.25) is 0 Å². The minimum atomic E-state index is 0.201. The first-order chi connectivity index (χ1) is 16.5. The molecule has 0 heterocycles. The Morgan fingerprint density at radius 1 is 1.21 bits per heavy atom. The minimum absolute atomic E-state index is 0.201. The zero-order chi connectivity index (χ0) is 24.3. The molecule has 0 bridgehead atoms. The van der Waals surface area contributed by atoms with Crippen LogP contribution >= 0.6 is 0 Å². The summed E-state index contributed by atoms with van der Waals surface area (Å²) < 4.78 is 0. The van der Waals surface area contributed by atoms with Crippen LogP contribution in [-0.2, 0) is 6.42 Å². The molecule has 2 aliphatic carbocycles. The van der Waals surface area contributed by atoms with Crippen LogP contribution in [0.5, 0.6) is 0 Å². The van der Waals surface area contributed by atoms with Crippen LogP contribution in [0.15, 0.2) is 121 Å². The lowest BCUT2D eigenvalue weighted by Crippen LogP contribution is -2.14. The lowest BCUT2D eigenvalue weighted by atomic mass is 9.91. The van der Waals surface area contributed by atoms with Gasteiger partial charge in [-0.1, -0.05) is 86.2 Å². The predicted molar refractivity (Wildman–Crippen MR) is 148 cm³/mol. The maximum absolute atomic E-state index is 5.68. The summed E-state index contributed by atoms with van der Waals surface area (Å²) in [6.07, 6.45) is 23.2. The van der Waals surface area contributed by atoms with Crippen LogP contribution in [0, 0.1) is 17.8 Å². The molecule has 3 N–H and O–H groups in total. The van der Waals surface area contributed by atoms with Crippen molar-refractivity contribution >= 4 is 5.70 Å². The Balaban J connectivity index is 1.74. The summed E-state index contributed by atoms with van der Waals surface area (Å²) in [4.78, 5) is 0. The molecule has 2 aliphatic rings. The SMILES string of the molecule is C=C/C=C\Cc1ccc(C(=C)NCCCC2=CC(N)=C2)cc1C#CC1=CC(/C=C\C)C(=C)C=C1. The fraction of sp³-hybridized carbons (Fsp3) is 0.188. The highest BCUT2D eigenvalue weighted by atomic mass is 14.9. The van der Waals surface area contributed by atoms with Gasteiger partial charge in [-0.2, -0.15) is 0 Å². The summed E-state index contributed by atoms with van der Waals surface area (Å²) >= 11 is 0. The fourth-order valence-corrected chi connectivity index (χ4v) is 3.82. The second kappa shape index (κ2) is 12.3. The second-order valence-corrected chi connectivity index (χ2v) is 8.44. The Morgan fingerprint density at radius 3 is 2.76 bits per heavy atom. The Morgan fingerprint density at radius 2 is 2.03 bits per heavy atom. The van der Waals surface area contributed by atoms with Crippen molar-refractivity contribution in [3.63, 3.8) is 0 Å². The van der Waals surface area contributed by atoms with Crippen molar-refractivity contribution in [2.75, 3.05) is 6.54 Å². The highest BCUT2D eigenvalue weighted by molar-refractivity contribution is 5.65. The topological polar surface area (TPSA) is 38.0 Å². The molecule has 34 heavy (non-hydrogen) atoms. The van der Waals surface area contributed by atoms with Crippen LogP contribution in [-0.4, -0.2) is 6.54 Å². The van der Waals surface area contributed by atoms with Gasteiger partial charge in [-0.3, -0.25) is 0 Å². The Labute approximate surface area is 205 Å². The summed E-state index contributed by atoms with van der Waals surface area (Å²) in [7, 11) is 0. The molecule has 0 spiro atoms. The van der Waals surface area contributed by atoms with E-state index in [1.54, 1.807) is 6.08 Å². The quantitative estimate of drug-likeness (QED) is 0.182. The van der Waals surface area contributed by atoms with Gasteiger partial charge in [-0.25, -0.2) is 0 Å². The zero-order valence-electron chi connectivity index (χ0n) is 20.1. The summed E-state index contributed by atoms with van der Waals surface area (Å²) in [5, 5.41) is 3.45. The lowest BCUT2D eigenvalue weighted by molar-refractivity contribution is 0.760. The highest BCUT2D eigenvalue weighted by Crippen LogP contribution is 2.23. The molecule has 2 nitrogen and oxygen atoms in total. The molecule has 0 saturated heterocycles. The first kappa shape index (κ1) is 24.7. The van der Waals surface area contributed by atoms with Crippen molar-refractivity contribution in [3.05, 3.63) is 138 Å². The third-order valence-corrected chi connectivity index (χ3v) is 5.76. The molecule has 172 valence electrons. The average Bonchev–Trinajstić information content (AvgIpc) is 2.81. The first-order valence-electron chi connectivity index (χ1n) is 11.7. The van der Waals surface area contributed by atoms with Crippen molar-refractivity contribution < 1.29 is 0 Å². The van der Waals surface area contributed by atoms with Crippen molar-refractivity contribution in [3.8, 4) is 11.8 Å². The van der Waals surface area contributed by atoms with Crippen molar-refractivity contribution in [2.24, 2.45) is 11.7 Å². The van der Waals surface area contributed by atoms with E-state index < -0.39 is 0 Å². The summed E-state index contributed by atoms with van der Waals surface area (Å²) in [5.41, 5.74) is 14.1. The largest absolute Gasteiger partial charge is 0.399 e. The maximum atomic E-state index is 5.68. The highest BCUT2D eigenvalue weighted by Gasteiger charge is 2.09. The minimum Gasteiger partial charge on any atom is -0.399 e.